The highest BCUT2D eigenvalue weighted by molar-refractivity contribution is 7.89. The minimum Gasteiger partial charge on any atom is -0.345 e. The van der Waals surface area contributed by atoms with Crippen LogP contribution >= 0.6 is 22.9 Å². The predicted octanol–water partition coefficient (Wildman–Crippen LogP) is 3.14. The topological polar surface area (TPSA) is 66.5 Å². The van der Waals surface area contributed by atoms with Gasteiger partial charge in [0.1, 0.15) is 0 Å². The Kier molecular flexibility index (Phi) is 5.46. The van der Waals surface area contributed by atoms with Crippen LogP contribution in [0.15, 0.2) is 41.3 Å². The number of sulfonamides is 1. The van der Waals surface area contributed by atoms with E-state index < -0.39 is 16.1 Å². The van der Waals surface area contributed by atoms with E-state index in [0.29, 0.717) is 9.90 Å². The Bertz CT molecular complexity index is 816. The van der Waals surface area contributed by atoms with Crippen LogP contribution in [0.3, 0.4) is 0 Å². The number of thiophene rings is 1. The highest BCUT2D eigenvalue weighted by Crippen LogP contribution is 2.27. The maximum atomic E-state index is 12.5. The lowest BCUT2D eigenvalue weighted by Crippen LogP contribution is -2.27. The first kappa shape index (κ1) is 17.9. The Hall–Kier alpha value is -1.41. The number of amides is 1. The van der Waals surface area contributed by atoms with Gasteiger partial charge < -0.3 is 4.90 Å². The normalized spacial score (nSPS) is 12.9. The monoisotopic (exact) mass is 372 g/mol. The molecule has 0 saturated heterocycles. The third-order valence-corrected chi connectivity index (χ3v) is 6.10. The van der Waals surface area contributed by atoms with Gasteiger partial charge in [-0.3, -0.25) is 4.79 Å². The van der Waals surface area contributed by atoms with Crippen LogP contribution in [0.1, 0.15) is 28.2 Å². The molecule has 23 heavy (non-hydrogen) atoms. The molecule has 0 spiro atoms. The van der Waals surface area contributed by atoms with Crippen LogP contribution in [0.5, 0.6) is 0 Å². The average Bonchev–Trinajstić information content (AvgIpc) is 2.93. The molecule has 0 bridgehead atoms. The molecule has 1 aromatic carbocycles. The first-order valence-electron chi connectivity index (χ1n) is 6.80. The second-order valence-corrected chi connectivity index (χ2v) is 8.67. The van der Waals surface area contributed by atoms with Gasteiger partial charge in [-0.05, 0) is 37.3 Å². The third-order valence-electron chi connectivity index (χ3n) is 3.15. The van der Waals surface area contributed by atoms with Crippen LogP contribution in [-0.4, -0.2) is 33.3 Å². The molecule has 0 fully saturated rings. The number of hydrogen-bond acceptors (Lipinski definition) is 4. The number of rotatable bonds is 5. The second kappa shape index (κ2) is 7.00. The lowest BCUT2D eigenvalue weighted by atomic mass is 10.2. The summed E-state index contributed by atoms with van der Waals surface area (Å²) >= 11 is 7.20. The third kappa shape index (κ3) is 4.32. The highest BCUT2D eigenvalue weighted by atomic mass is 35.5. The van der Waals surface area contributed by atoms with Gasteiger partial charge in [0.2, 0.25) is 10.0 Å². The molecule has 0 aliphatic rings. The molecule has 2 rings (SSSR count). The van der Waals surface area contributed by atoms with Crippen LogP contribution in [0, 0.1) is 0 Å². The van der Waals surface area contributed by atoms with Crippen LogP contribution in [0.25, 0.3) is 0 Å². The Labute approximate surface area is 144 Å². The summed E-state index contributed by atoms with van der Waals surface area (Å²) in [7, 11) is -0.506. The van der Waals surface area contributed by atoms with E-state index in [1.165, 1.54) is 28.4 Å². The Balaban J connectivity index is 2.26. The zero-order valence-corrected chi connectivity index (χ0v) is 15.3. The molecular weight excluding hydrogens is 356 g/mol. The fraction of sp³-hybridized carbons (Fsp3) is 0.267. The van der Waals surface area contributed by atoms with E-state index in [2.05, 4.69) is 4.72 Å². The van der Waals surface area contributed by atoms with E-state index in [1.807, 2.05) is 0 Å². The summed E-state index contributed by atoms with van der Waals surface area (Å²) in [5.41, 5.74) is 0.324. The molecule has 0 saturated carbocycles. The summed E-state index contributed by atoms with van der Waals surface area (Å²) in [5.74, 6) is -0.250. The second-order valence-electron chi connectivity index (χ2n) is 5.21. The van der Waals surface area contributed by atoms with Crippen LogP contribution in [0.2, 0.25) is 4.34 Å². The van der Waals surface area contributed by atoms with Crippen molar-refractivity contribution in [2.75, 3.05) is 14.1 Å². The van der Waals surface area contributed by atoms with Crippen molar-refractivity contribution in [1.29, 1.82) is 0 Å². The quantitative estimate of drug-likeness (QED) is 0.876. The molecule has 1 amide bonds. The van der Waals surface area contributed by atoms with Crippen LogP contribution in [0.4, 0.5) is 0 Å². The maximum absolute atomic E-state index is 12.5. The van der Waals surface area contributed by atoms with Crippen molar-refractivity contribution in [3.05, 3.63) is 51.2 Å². The zero-order valence-electron chi connectivity index (χ0n) is 12.9. The first-order chi connectivity index (χ1) is 10.7. The maximum Gasteiger partial charge on any atom is 0.253 e. The van der Waals surface area contributed by atoms with Gasteiger partial charge in [0.25, 0.3) is 5.91 Å². The van der Waals surface area contributed by atoms with E-state index in [0.717, 1.165) is 4.88 Å². The first-order valence-corrected chi connectivity index (χ1v) is 9.48. The van der Waals surface area contributed by atoms with Gasteiger partial charge in [-0.25, -0.2) is 13.1 Å². The number of hydrogen-bond donors (Lipinski definition) is 1. The van der Waals surface area contributed by atoms with Crippen molar-refractivity contribution in [3.63, 3.8) is 0 Å². The summed E-state index contributed by atoms with van der Waals surface area (Å²) in [5, 5.41) is 0. The molecular formula is C15H17ClN2O3S2. The van der Waals surface area contributed by atoms with Gasteiger partial charge in [-0.1, -0.05) is 17.7 Å². The predicted molar refractivity (Wildman–Crippen MR) is 92.5 cm³/mol. The van der Waals surface area contributed by atoms with Gasteiger partial charge in [-0.15, -0.1) is 11.3 Å². The molecule has 1 N–H and O–H groups in total. The zero-order chi connectivity index (χ0) is 17.2. The summed E-state index contributed by atoms with van der Waals surface area (Å²) in [6.07, 6.45) is 0. The van der Waals surface area contributed by atoms with Crippen molar-refractivity contribution in [1.82, 2.24) is 9.62 Å². The smallest absolute Gasteiger partial charge is 0.253 e. The van der Waals surface area contributed by atoms with E-state index >= 15 is 0 Å². The summed E-state index contributed by atoms with van der Waals surface area (Å²) in [4.78, 5) is 14.2. The molecule has 8 heteroatoms. The molecule has 1 unspecified atom stereocenters. The molecule has 0 aliphatic carbocycles. The highest BCUT2D eigenvalue weighted by Gasteiger charge is 2.21. The number of carbonyl (C=O) groups is 1. The van der Waals surface area contributed by atoms with E-state index in [9.17, 15) is 13.2 Å². The lowest BCUT2D eigenvalue weighted by molar-refractivity contribution is 0.0827. The number of halogens is 1. The number of benzene rings is 1. The number of nitrogens with zero attached hydrogens (tertiary/aromatic N) is 1. The van der Waals surface area contributed by atoms with Gasteiger partial charge in [0, 0.05) is 24.5 Å². The molecule has 1 atom stereocenters. The Morgan fingerprint density at radius 3 is 2.52 bits per heavy atom. The summed E-state index contributed by atoms with van der Waals surface area (Å²) in [6.45, 7) is 1.74. The fourth-order valence-corrected chi connectivity index (χ4v) is 4.38. The molecule has 124 valence electrons. The Morgan fingerprint density at radius 1 is 1.26 bits per heavy atom. The SMILES string of the molecule is CC(NS(=O)(=O)c1cccc(C(=O)N(C)C)c1)c1ccc(Cl)s1. The van der Waals surface area contributed by atoms with Gasteiger partial charge in [0.15, 0.2) is 0 Å². The average molecular weight is 373 g/mol. The molecule has 1 aromatic heterocycles. The number of nitrogens with one attached hydrogen (secondary N) is 1. The minimum absolute atomic E-state index is 0.0553. The van der Waals surface area contributed by atoms with E-state index in [1.54, 1.807) is 45.3 Å². The van der Waals surface area contributed by atoms with Gasteiger partial charge >= 0.3 is 0 Å². The molecule has 0 aliphatic heterocycles. The molecule has 0 radical (unpaired) electrons. The number of carbonyl (C=O) groups excluding carboxylic acids is 1. The van der Waals surface area contributed by atoms with Crippen molar-refractivity contribution < 1.29 is 13.2 Å². The molecule has 1 heterocycles. The molecule has 5 nitrogen and oxygen atoms in total. The van der Waals surface area contributed by atoms with Gasteiger partial charge in [-0.2, -0.15) is 0 Å². The van der Waals surface area contributed by atoms with Crippen molar-refractivity contribution in [3.8, 4) is 0 Å². The van der Waals surface area contributed by atoms with Crippen LogP contribution < -0.4 is 4.72 Å². The van der Waals surface area contributed by atoms with Crippen molar-refractivity contribution >= 4 is 38.9 Å². The van der Waals surface area contributed by atoms with Crippen molar-refractivity contribution in [2.45, 2.75) is 17.9 Å². The largest absolute Gasteiger partial charge is 0.345 e. The van der Waals surface area contributed by atoms with Crippen LogP contribution in [-0.2, 0) is 10.0 Å². The Morgan fingerprint density at radius 2 is 1.96 bits per heavy atom. The van der Waals surface area contributed by atoms with E-state index in [4.69, 9.17) is 11.6 Å². The fourth-order valence-electron chi connectivity index (χ4n) is 1.97. The molecule has 2 aromatic rings. The lowest BCUT2D eigenvalue weighted by Gasteiger charge is -2.14. The summed E-state index contributed by atoms with van der Waals surface area (Å²) < 4.78 is 28.2. The summed E-state index contributed by atoms with van der Waals surface area (Å²) in [6, 6.07) is 9.07. The minimum atomic E-state index is -3.74. The van der Waals surface area contributed by atoms with Crippen molar-refractivity contribution in [2.24, 2.45) is 0 Å². The standard InChI is InChI=1S/C15H17ClN2O3S2/c1-10(13-7-8-14(16)22-13)17-23(20,21)12-6-4-5-11(9-12)15(19)18(2)3/h4-10,17H,1-3H3. The van der Waals surface area contributed by atoms with Gasteiger partial charge in [0.05, 0.1) is 15.3 Å². The van der Waals surface area contributed by atoms with E-state index in [-0.39, 0.29) is 10.8 Å².